The van der Waals surface area contributed by atoms with Gasteiger partial charge < -0.3 is 14.2 Å². The van der Waals surface area contributed by atoms with Crippen molar-refractivity contribution in [3.8, 4) is 28.4 Å². The maximum Gasteiger partial charge on any atom is 0.150 e. The zero-order valence-corrected chi connectivity index (χ0v) is 13.8. The van der Waals surface area contributed by atoms with E-state index in [1.807, 2.05) is 36.4 Å². The molecule has 24 heavy (non-hydrogen) atoms. The van der Waals surface area contributed by atoms with Crippen LogP contribution in [0.1, 0.15) is 10.4 Å². The second-order valence-electron chi connectivity index (χ2n) is 5.27. The summed E-state index contributed by atoms with van der Waals surface area (Å²) in [6.45, 7) is 0. The SMILES string of the molecule is COc1ccc2c(-c3c(C=O)cccc3OC)c(OC)ccc2c1. The molecule has 0 N–H and O–H groups in total. The third-order valence-electron chi connectivity index (χ3n) is 4.06. The Morgan fingerprint density at radius 1 is 0.792 bits per heavy atom. The largest absolute Gasteiger partial charge is 0.497 e. The average Bonchev–Trinajstić information content (AvgIpc) is 2.65. The molecule has 4 nitrogen and oxygen atoms in total. The molecule has 0 heterocycles. The topological polar surface area (TPSA) is 44.8 Å². The Morgan fingerprint density at radius 2 is 1.54 bits per heavy atom. The van der Waals surface area contributed by atoms with E-state index in [-0.39, 0.29) is 0 Å². The van der Waals surface area contributed by atoms with Crippen LogP contribution in [0.5, 0.6) is 17.2 Å². The maximum absolute atomic E-state index is 11.6. The first kappa shape index (κ1) is 15.9. The summed E-state index contributed by atoms with van der Waals surface area (Å²) in [4.78, 5) is 11.6. The van der Waals surface area contributed by atoms with E-state index in [0.29, 0.717) is 17.1 Å². The Bertz CT molecular complexity index is 900. The van der Waals surface area contributed by atoms with Crippen molar-refractivity contribution >= 4 is 17.1 Å². The smallest absolute Gasteiger partial charge is 0.150 e. The van der Waals surface area contributed by atoms with Gasteiger partial charge in [0, 0.05) is 16.7 Å². The normalized spacial score (nSPS) is 10.5. The fourth-order valence-corrected chi connectivity index (χ4v) is 2.93. The molecule has 0 bridgehead atoms. The van der Waals surface area contributed by atoms with Crippen molar-refractivity contribution in [1.82, 2.24) is 0 Å². The number of aldehydes is 1. The van der Waals surface area contributed by atoms with Crippen LogP contribution < -0.4 is 14.2 Å². The van der Waals surface area contributed by atoms with Crippen molar-refractivity contribution in [2.75, 3.05) is 21.3 Å². The van der Waals surface area contributed by atoms with E-state index >= 15 is 0 Å². The molecule has 0 aromatic heterocycles. The third kappa shape index (κ3) is 2.56. The molecule has 0 radical (unpaired) electrons. The molecule has 0 saturated heterocycles. The lowest BCUT2D eigenvalue weighted by atomic mass is 9.93. The lowest BCUT2D eigenvalue weighted by Crippen LogP contribution is -1.97. The molecule has 0 aliphatic carbocycles. The number of methoxy groups -OCH3 is 3. The summed E-state index contributed by atoms with van der Waals surface area (Å²) in [5.41, 5.74) is 2.11. The lowest BCUT2D eigenvalue weighted by Gasteiger charge is -2.17. The van der Waals surface area contributed by atoms with Gasteiger partial charge in [-0.3, -0.25) is 4.79 Å². The summed E-state index contributed by atoms with van der Waals surface area (Å²) in [6, 6.07) is 15.1. The van der Waals surface area contributed by atoms with Gasteiger partial charge in [0.2, 0.25) is 0 Å². The molecule has 0 saturated carbocycles. The summed E-state index contributed by atoms with van der Waals surface area (Å²) in [6.07, 6.45) is 0.833. The van der Waals surface area contributed by atoms with Gasteiger partial charge in [-0.2, -0.15) is 0 Å². The number of rotatable bonds is 5. The van der Waals surface area contributed by atoms with Gasteiger partial charge in [0.1, 0.15) is 17.2 Å². The second-order valence-corrected chi connectivity index (χ2v) is 5.27. The molecule has 3 rings (SSSR count). The Hall–Kier alpha value is -3.01. The molecule has 3 aromatic carbocycles. The van der Waals surface area contributed by atoms with E-state index in [2.05, 4.69) is 0 Å². The molecule has 0 spiro atoms. The highest BCUT2D eigenvalue weighted by atomic mass is 16.5. The van der Waals surface area contributed by atoms with Crippen LogP contribution in [-0.2, 0) is 0 Å². The van der Waals surface area contributed by atoms with Gasteiger partial charge in [-0.15, -0.1) is 0 Å². The number of ether oxygens (including phenoxy) is 3. The molecule has 0 atom stereocenters. The molecule has 0 fully saturated rings. The molecular weight excluding hydrogens is 304 g/mol. The highest BCUT2D eigenvalue weighted by Gasteiger charge is 2.18. The second kappa shape index (κ2) is 6.62. The minimum atomic E-state index is 0.552. The predicted octanol–water partition coefficient (Wildman–Crippen LogP) is 4.35. The molecule has 4 heteroatoms. The zero-order chi connectivity index (χ0) is 17.1. The van der Waals surface area contributed by atoms with Crippen molar-refractivity contribution in [1.29, 1.82) is 0 Å². The quantitative estimate of drug-likeness (QED) is 0.655. The minimum Gasteiger partial charge on any atom is -0.497 e. The molecule has 122 valence electrons. The van der Waals surface area contributed by atoms with Gasteiger partial charge in [-0.05, 0) is 41.1 Å². The fourth-order valence-electron chi connectivity index (χ4n) is 2.93. The van der Waals surface area contributed by atoms with E-state index in [0.717, 1.165) is 33.9 Å². The first-order valence-corrected chi connectivity index (χ1v) is 7.50. The van der Waals surface area contributed by atoms with Crippen LogP contribution in [0.15, 0.2) is 48.5 Å². The summed E-state index contributed by atoms with van der Waals surface area (Å²) in [5.74, 6) is 2.08. The Morgan fingerprint density at radius 3 is 2.21 bits per heavy atom. The van der Waals surface area contributed by atoms with Gasteiger partial charge in [0.25, 0.3) is 0 Å². The highest BCUT2D eigenvalue weighted by molar-refractivity contribution is 6.05. The Balaban J connectivity index is 2.43. The van der Waals surface area contributed by atoms with Crippen LogP contribution in [-0.4, -0.2) is 27.6 Å². The zero-order valence-electron chi connectivity index (χ0n) is 13.8. The molecule has 0 unspecified atom stereocenters. The fraction of sp³-hybridized carbons (Fsp3) is 0.150. The average molecular weight is 322 g/mol. The van der Waals surface area contributed by atoms with Crippen LogP contribution in [0.25, 0.3) is 21.9 Å². The highest BCUT2D eigenvalue weighted by Crippen LogP contribution is 2.43. The van der Waals surface area contributed by atoms with Gasteiger partial charge in [0.05, 0.1) is 21.3 Å². The van der Waals surface area contributed by atoms with E-state index < -0.39 is 0 Å². The van der Waals surface area contributed by atoms with Crippen LogP contribution in [0, 0.1) is 0 Å². The van der Waals surface area contributed by atoms with Crippen LogP contribution in [0.3, 0.4) is 0 Å². The van der Waals surface area contributed by atoms with Crippen molar-refractivity contribution in [3.05, 3.63) is 54.1 Å². The standard InChI is InChI=1S/C20H18O4/c1-22-15-8-9-16-13(11-15)7-10-18(24-3)20(16)19-14(12-21)5-4-6-17(19)23-2/h4-12H,1-3H3. The van der Waals surface area contributed by atoms with Crippen molar-refractivity contribution in [3.63, 3.8) is 0 Å². The van der Waals surface area contributed by atoms with Gasteiger partial charge in [0.15, 0.2) is 6.29 Å². The summed E-state index contributed by atoms with van der Waals surface area (Å²) >= 11 is 0. The van der Waals surface area contributed by atoms with Gasteiger partial charge in [-0.25, -0.2) is 0 Å². The first-order valence-electron chi connectivity index (χ1n) is 7.50. The first-order chi connectivity index (χ1) is 11.7. The molecule has 3 aromatic rings. The molecular formula is C20H18O4. The number of fused-ring (bicyclic) bond motifs is 1. The monoisotopic (exact) mass is 322 g/mol. The molecule has 0 amide bonds. The number of benzene rings is 3. The summed E-state index contributed by atoms with van der Waals surface area (Å²) in [7, 11) is 4.84. The van der Waals surface area contributed by atoms with E-state index in [4.69, 9.17) is 14.2 Å². The maximum atomic E-state index is 11.6. The Kier molecular flexibility index (Phi) is 4.38. The van der Waals surface area contributed by atoms with E-state index in [9.17, 15) is 4.79 Å². The van der Waals surface area contributed by atoms with Crippen molar-refractivity contribution < 1.29 is 19.0 Å². The number of carbonyl (C=O) groups is 1. The number of hydrogen-bond acceptors (Lipinski definition) is 4. The van der Waals surface area contributed by atoms with Crippen LogP contribution >= 0.6 is 0 Å². The van der Waals surface area contributed by atoms with Crippen LogP contribution in [0.2, 0.25) is 0 Å². The van der Waals surface area contributed by atoms with Crippen LogP contribution in [0.4, 0.5) is 0 Å². The van der Waals surface area contributed by atoms with Crippen molar-refractivity contribution in [2.45, 2.75) is 0 Å². The summed E-state index contributed by atoms with van der Waals surface area (Å²) < 4.78 is 16.4. The Labute approximate surface area is 140 Å². The predicted molar refractivity (Wildman–Crippen MR) is 94.4 cm³/mol. The van der Waals surface area contributed by atoms with Crippen molar-refractivity contribution in [2.24, 2.45) is 0 Å². The van der Waals surface area contributed by atoms with Gasteiger partial charge >= 0.3 is 0 Å². The number of hydrogen-bond donors (Lipinski definition) is 0. The minimum absolute atomic E-state index is 0.552. The van der Waals surface area contributed by atoms with E-state index in [1.54, 1.807) is 33.5 Å². The van der Waals surface area contributed by atoms with Gasteiger partial charge in [-0.1, -0.05) is 18.2 Å². The molecule has 0 aliphatic rings. The van der Waals surface area contributed by atoms with E-state index in [1.165, 1.54) is 0 Å². The third-order valence-corrected chi connectivity index (χ3v) is 4.06. The lowest BCUT2D eigenvalue weighted by molar-refractivity contribution is 0.112. The number of carbonyl (C=O) groups excluding carboxylic acids is 1. The molecule has 0 aliphatic heterocycles. The summed E-state index contributed by atoms with van der Waals surface area (Å²) in [5, 5.41) is 1.95.